The van der Waals surface area contributed by atoms with Crippen LogP contribution in [-0.4, -0.2) is 19.1 Å². The summed E-state index contributed by atoms with van der Waals surface area (Å²) in [5, 5.41) is 8.28. The van der Waals surface area contributed by atoms with Crippen LogP contribution in [0, 0.1) is 0 Å². The van der Waals surface area contributed by atoms with Gasteiger partial charge in [0.25, 0.3) is 0 Å². The number of rotatable bonds is 2. The molecule has 2 nitrogen and oxygen atoms in total. The first kappa shape index (κ1) is 7.69. The topological polar surface area (TPSA) is 37.3 Å². The fraction of sp³-hybridized carbons (Fsp3) is 0.800. The van der Waals surface area contributed by atoms with Gasteiger partial charge < -0.3 is 5.11 Å². The Morgan fingerprint density at radius 1 is 1.50 bits per heavy atom. The Hall–Kier alpha value is -0.313. The smallest absolute Gasteiger partial charge is 0.300 e. The van der Waals surface area contributed by atoms with Crippen LogP contribution < -0.4 is 0 Å². The summed E-state index contributed by atoms with van der Waals surface area (Å²) in [5.74, 6) is -0.663. The zero-order valence-corrected chi connectivity index (χ0v) is 6.56. The second-order valence-corrected chi connectivity index (χ2v) is 8.61. The van der Waals surface area contributed by atoms with Crippen molar-refractivity contribution in [3.8, 4) is 0 Å². The molecule has 0 aromatic carbocycles. The van der Waals surface area contributed by atoms with Crippen LogP contribution in [0.2, 0.25) is 25.7 Å². The van der Waals surface area contributed by atoms with Crippen molar-refractivity contribution in [2.45, 2.75) is 25.7 Å². The highest BCUT2D eigenvalue weighted by Crippen LogP contribution is 2.06. The summed E-state index contributed by atoms with van der Waals surface area (Å²) in [4.78, 5) is 10.0. The van der Waals surface area contributed by atoms with Gasteiger partial charge in [0.15, 0.2) is 0 Å². The average molecular weight is 132 g/mol. The summed E-state index contributed by atoms with van der Waals surface area (Å²) in [6, 6.07) is 0.382. The Morgan fingerprint density at radius 3 is 1.88 bits per heavy atom. The van der Waals surface area contributed by atoms with E-state index in [9.17, 15) is 4.79 Å². The summed E-state index contributed by atoms with van der Waals surface area (Å²) in [7, 11) is -1.32. The molecule has 8 heavy (non-hydrogen) atoms. The third kappa shape index (κ3) is 5.69. The molecule has 0 rings (SSSR count). The van der Waals surface area contributed by atoms with E-state index in [4.69, 9.17) is 5.11 Å². The lowest BCUT2D eigenvalue weighted by Gasteiger charge is -2.10. The van der Waals surface area contributed by atoms with E-state index in [1.807, 2.05) is 19.6 Å². The van der Waals surface area contributed by atoms with Gasteiger partial charge in [-0.15, -0.1) is 0 Å². The number of carboxylic acid groups (broad SMARTS) is 1. The van der Waals surface area contributed by atoms with E-state index in [0.29, 0.717) is 6.04 Å². The van der Waals surface area contributed by atoms with Gasteiger partial charge in [-0.2, -0.15) is 0 Å². The van der Waals surface area contributed by atoms with Gasteiger partial charge in [0.05, 0.1) is 8.07 Å². The Balaban J connectivity index is 3.55. The number of carboxylic acids is 1. The van der Waals surface area contributed by atoms with E-state index in [-0.39, 0.29) is 0 Å². The van der Waals surface area contributed by atoms with Crippen molar-refractivity contribution >= 4 is 14.0 Å². The van der Waals surface area contributed by atoms with E-state index in [2.05, 4.69) is 0 Å². The SMILES string of the molecule is C[Si](C)(C)CC(=O)O. The molecule has 0 aromatic heterocycles. The third-order valence-electron chi connectivity index (χ3n) is 0.682. The molecule has 0 fully saturated rings. The Labute approximate surface area is 50.5 Å². The maximum atomic E-state index is 10.0. The highest BCUT2D eigenvalue weighted by Gasteiger charge is 2.16. The molecular weight excluding hydrogens is 120 g/mol. The van der Waals surface area contributed by atoms with Gasteiger partial charge in [0.2, 0.25) is 0 Å². The minimum absolute atomic E-state index is 0.382. The highest BCUT2D eigenvalue weighted by molar-refractivity contribution is 6.78. The Morgan fingerprint density at radius 2 is 1.88 bits per heavy atom. The van der Waals surface area contributed by atoms with Gasteiger partial charge in [-0.3, -0.25) is 4.79 Å². The standard InChI is InChI=1S/C5H12O2Si/c1-8(2,3)4-5(6)7/h4H2,1-3H3,(H,6,7). The monoisotopic (exact) mass is 132 g/mol. The van der Waals surface area contributed by atoms with Crippen LogP contribution in [0.25, 0.3) is 0 Å². The van der Waals surface area contributed by atoms with Crippen LogP contribution in [0.5, 0.6) is 0 Å². The fourth-order valence-corrected chi connectivity index (χ4v) is 1.36. The fourth-order valence-electron chi connectivity index (χ4n) is 0.454. The van der Waals surface area contributed by atoms with E-state index in [1.54, 1.807) is 0 Å². The molecule has 0 radical (unpaired) electrons. The van der Waals surface area contributed by atoms with Gasteiger partial charge in [0.1, 0.15) is 0 Å². The van der Waals surface area contributed by atoms with Gasteiger partial charge in [0, 0.05) is 6.04 Å². The molecule has 0 atom stereocenters. The number of carbonyl (C=O) groups is 1. The maximum absolute atomic E-state index is 10.0. The van der Waals surface area contributed by atoms with Crippen LogP contribution in [0.3, 0.4) is 0 Å². The van der Waals surface area contributed by atoms with Crippen molar-refractivity contribution in [3.05, 3.63) is 0 Å². The Kier molecular flexibility index (Phi) is 2.21. The van der Waals surface area contributed by atoms with Crippen LogP contribution in [0.1, 0.15) is 0 Å². The first-order valence-electron chi connectivity index (χ1n) is 2.63. The molecule has 0 spiro atoms. The predicted molar refractivity (Wildman–Crippen MR) is 35.8 cm³/mol. The molecule has 3 heteroatoms. The lowest BCUT2D eigenvalue weighted by atomic mass is 10.8. The van der Waals surface area contributed by atoms with Crippen LogP contribution >= 0.6 is 0 Å². The molecule has 0 aliphatic heterocycles. The molecule has 0 aromatic rings. The second-order valence-electron chi connectivity index (χ2n) is 3.13. The number of aliphatic carboxylic acids is 1. The quantitative estimate of drug-likeness (QED) is 0.577. The molecule has 0 saturated heterocycles. The molecule has 0 aliphatic carbocycles. The van der Waals surface area contributed by atoms with Crippen molar-refractivity contribution < 1.29 is 9.90 Å². The average Bonchev–Trinajstić information content (AvgIpc) is 1.21. The summed E-state index contributed by atoms with van der Waals surface area (Å²) in [5.41, 5.74) is 0. The molecule has 0 unspecified atom stereocenters. The van der Waals surface area contributed by atoms with Crippen molar-refractivity contribution in [2.24, 2.45) is 0 Å². The van der Waals surface area contributed by atoms with E-state index in [1.165, 1.54) is 0 Å². The lowest BCUT2D eigenvalue weighted by Crippen LogP contribution is -2.23. The summed E-state index contributed by atoms with van der Waals surface area (Å²) in [6.45, 7) is 6.13. The van der Waals surface area contributed by atoms with Crippen molar-refractivity contribution in [3.63, 3.8) is 0 Å². The van der Waals surface area contributed by atoms with Crippen LogP contribution in [0.4, 0.5) is 0 Å². The molecule has 1 N–H and O–H groups in total. The largest absolute Gasteiger partial charge is 0.481 e. The lowest BCUT2D eigenvalue weighted by molar-refractivity contribution is -0.134. The first-order valence-corrected chi connectivity index (χ1v) is 6.34. The van der Waals surface area contributed by atoms with Gasteiger partial charge in [-0.05, 0) is 0 Å². The molecule has 0 heterocycles. The second kappa shape index (κ2) is 2.30. The van der Waals surface area contributed by atoms with E-state index >= 15 is 0 Å². The zero-order chi connectivity index (χ0) is 6.78. The van der Waals surface area contributed by atoms with Crippen LogP contribution in [0.15, 0.2) is 0 Å². The minimum atomic E-state index is -1.32. The zero-order valence-electron chi connectivity index (χ0n) is 5.56. The molecule has 48 valence electrons. The van der Waals surface area contributed by atoms with Gasteiger partial charge in [-0.25, -0.2) is 0 Å². The minimum Gasteiger partial charge on any atom is -0.481 e. The molecule has 0 amide bonds. The number of hydrogen-bond donors (Lipinski definition) is 1. The summed E-state index contributed by atoms with van der Waals surface area (Å²) < 4.78 is 0. The van der Waals surface area contributed by atoms with Crippen LogP contribution in [-0.2, 0) is 4.79 Å². The van der Waals surface area contributed by atoms with Gasteiger partial charge >= 0.3 is 5.97 Å². The molecular formula is C5H12O2Si. The van der Waals surface area contributed by atoms with Crippen molar-refractivity contribution in [1.29, 1.82) is 0 Å². The van der Waals surface area contributed by atoms with E-state index in [0.717, 1.165) is 0 Å². The molecule has 0 aliphatic rings. The third-order valence-corrected chi connectivity index (χ3v) is 2.04. The van der Waals surface area contributed by atoms with Gasteiger partial charge in [-0.1, -0.05) is 19.6 Å². The molecule has 0 saturated carbocycles. The highest BCUT2D eigenvalue weighted by atomic mass is 28.3. The predicted octanol–water partition coefficient (Wildman–Crippen LogP) is 1.41. The van der Waals surface area contributed by atoms with Crippen molar-refractivity contribution in [1.82, 2.24) is 0 Å². The van der Waals surface area contributed by atoms with E-state index < -0.39 is 14.0 Å². The summed E-state index contributed by atoms with van der Waals surface area (Å²) >= 11 is 0. The molecule has 0 bridgehead atoms. The first-order chi connectivity index (χ1) is 3.42. The maximum Gasteiger partial charge on any atom is 0.300 e. The Bertz CT molecular complexity index is 93.1. The summed E-state index contributed by atoms with van der Waals surface area (Å²) in [6.07, 6.45) is 0. The number of hydrogen-bond acceptors (Lipinski definition) is 1. The van der Waals surface area contributed by atoms with Crippen molar-refractivity contribution in [2.75, 3.05) is 0 Å². The normalized spacial score (nSPS) is 11.4.